The molecule has 1 fully saturated rings. The second-order valence-electron chi connectivity index (χ2n) is 4.72. The van der Waals surface area contributed by atoms with Gasteiger partial charge in [0.15, 0.2) is 0 Å². The number of hydrogen-bond donors (Lipinski definition) is 2. The number of sulfonamides is 1. The van der Waals surface area contributed by atoms with Gasteiger partial charge in [0.1, 0.15) is 4.90 Å². The maximum atomic E-state index is 12.2. The molecular weight excluding hydrogens is 274 g/mol. The minimum absolute atomic E-state index is 0. The molecule has 1 saturated carbocycles. The molecule has 18 heavy (non-hydrogen) atoms. The Labute approximate surface area is 114 Å². The highest BCUT2D eigenvalue weighted by atomic mass is 35.5. The van der Waals surface area contributed by atoms with Gasteiger partial charge in [0.05, 0.1) is 11.4 Å². The molecule has 0 atom stereocenters. The number of H-pyrrole nitrogens is 1. The van der Waals surface area contributed by atoms with Crippen LogP contribution < -0.4 is 4.72 Å². The highest BCUT2D eigenvalue weighted by Crippen LogP contribution is 2.22. The van der Waals surface area contributed by atoms with E-state index in [1.54, 1.807) is 13.8 Å². The highest BCUT2D eigenvalue weighted by molar-refractivity contribution is 7.89. The van der Waals surface area contributed by atoms with Crippen molar-refractivity contribution >= 4 is 22.4 Å². The lowest BCUT2D eigenvalue weighted by atomic mass is 9.96. The lowest BCUT2D eigenvalue weighted by Crippen LogP contribution is -2.36. The summed E-state index contributed by atoms with van der Waals surface area (Å²) >= 11 is 0. The molecule has 0 amide bonds. The van der Waals surface area contributed by atoms with E-state index < -0.39 is 10.0 Å². The summed E-state index contributed by atoms with van der Waals surface area (Å²) in [5, 5.41) is 6.64. The van der Waals surface area contributed by atoms with Crippen LogP contribution in [-0.2, 0) is 10.0 Å². The lowest BCUT2D eigenvalue weighted by Gasteiger charge is -2.22. The van der Waals surface area contributed by atoms with E-state index in [4.69, 9.17) is 0 Å². The van der Waals surface area contributed by atoms with Crippen LogP contribution in [0, 0.1) is 13.8 Å². The van der Waals surface area contributed by atoms with Gasteiger partial charge in [-0.15, -0.1) is 12.4 Å². The van der Waals surface area contributed by atoms with Crippen molar-refractivity contribution in [1.82, 2.24) is 14.9 Å². The van der Waals surface area contributed by atoms with Gasteiger partial charge < -0.3 is 0 Å². The predicted octanol–water partition coefficient (Wildman–Crippen LogP) is 2.06. The summed E-state index contributed by atoms with van der Waals surface area (Å²) in [6.07, 6.45) is 5.30. The third-order valence-electron chi connectivity index (χ3n) is 3.26. The topological polar surface area (TPSA) is 74.8 Å². The van der Waals surface area contributed by atoms with Crippen molar-refractivity contribution in [2.24, 2.45) is 0 Å². The average molecular weight is 294 g/mol. The Kier molecular flexibility index (Phi) is 5.19. The maximum Gasteiger partial charge on any atom is 0.244 e. The van der Waals surface area contributed by atoms with E-state index >= 15 is 0 Å². The van der Waals surface area contributed by atoms with Gasteiger partial charge in [-0.3, -0.25) is 5.10 Å². The van der Waals surface area contributed by atoms with Gasteiger partial charge in [0, 0.05) is 6.04 Å². The van der Waals surface area contributed by atoms with Crippen LogP contribution in [0.15, 0.2) is 4.90 Å². The highest BCUT2D eigenvalue weighted by Gasteiger charge is 2.26. The van der Waals surface area contributed by atoms with Crippen LogP contribution in [0.1, 0.15) is 43.5 Å². The monoisotopic (exact) mass is 293 g/mol. The lowest BCUT2D eigenvalue weighted by molar-refractivity contribution is 0.412. The second-order valence-corrected chi connectivity index (χ2v) is 6.37. The van der Waals surface area contributed by atoms with Crippen LogP contribution in [0.2, 0.25) is 0 Å². The van der Waals surface area contributed by atoms with Crippen LogP contribution in [0.5, 0.6) is 0 Å². The first-order valence-corrected chi connectivity index (χ1v) is 7.53. The van der Waals surface area contributed by atoms with Crippen molar-refractivity contribution in [3.05, 3.63) is 11.4 Å². The smallest absolute Gasteiger partial charge is 0.244 e. The molecule has 2 N–H and O–H groups in total. The number of aromatic nitrogens is 2. The van der Waals surface area contributed by atoms with E-state index in [2.05, 4.69) is 14.9 Å². The molecule has 0 radical (unpaired) electrons. The number of nitrogens with one attached hydrogen (secondary N) is 2. The number of aromatic amines is 1. The fourth-order valence-corrected chi connectivity index (χ4v) is 4.11. The minimum atomic E-state index is -3.42. The summed E-state index contributed by atoms with van der Waals surface area (Å²) in [5.41, 5.74) is 1.14. The molecule has 1 aliphatic carbocycles. The van der Waals surface area contributed by atoms with Gasteiger partial charge in [-0.1, -0.05) is 19.3 Å². The quantitative estimate of drug-likeness (QED) is 0.896. The van der Waals surface area contributed by atoms with Crippen molar-refractivity contribution in [2.45, 2.75) is 56.9 Å². The molecule has 0 bridgehead atoms. The van der Waals surface area contributed by atoms with Gasteiger partial charge in [-0.05, 0) is 26.7 Å². The molecule has 1 aromatic heterocycles. The van der Waals surface area contributed by atoms with Crippen LogP contribution in [0.4, 0.5) is 0 Å². The van der Waals surface area contributed by atoms with E-state index in [-0.39, 0.29) is 18.4 Å². The molecule has 0 aliphatic heterocycles. The zero-order valence-electron chi connectivity index (χ0n) is 10.7. The van der Waals surface area contributed by atoms with E-state index in [1.807, 2.05) is 0 Å². The minimum Gasteiger partial charge on any atom is -0.281 e. The molecule has 0 spiro atoms. The first kappa shape index (κ1) is 15.5. The van der Waals surface area contributed by atoms with E-state index in [0.717, 1.165) is 25.7 Å². The normalized spacial score (nSPS) is 17.4. The summed E-state index contributed by atoms with van der Waals surface area (Å²) in [6, 6.07) is 0.0856. The molecular formula is C11H20ClN3O2S. The molecule has 0 saturated heterocycles. The first-order chi connectivity index (χ1) is 8.00. The van der Waals surface area contributed by atoms with Gasteiger partial charge in [0.25, 0.3) is 0 Å². The third-order valence-corrected chi connectivity index (χ3v) is 5.04. The zero-order chi connectivity index (χ0) is 12.5. The molecule has 1 heterocycles. The first-order valence-electron chi connectivity index (χ1n) is 6.04. The molecule has 0 aromatic carbocycles. The fourth-order valence-electron chi connectivity index (χ4n) is 2.44. The Bertz CT molecular complexity index is 473. The van der Waals surface area contributed by atoms with Crippen LogP contribution >= 0.6 is 12.4 Å². The van der Waals surface area contributed by atoms with Crippen LogP contribution in [0.3, 0.4) is 0 Å². The summed E-state index contributed by atoms with van der Waals surface area (Å²) in [6.45, 7) is 3.44. The van der Waals surface area contributed by atoms with Crippen molar-refractivity contribution in [3.63, 3.8) is 0 Å². The van der Waals surface area contributed by atoms with Gasteiger partial charge in [0.2, 0.25) is 10.0 Å². The van der Waals surface area contributed by atoms with Crippen LogP contribution in [0.25, 0.3) is 0 Å². The second kappa shape index (κ2) is 6.04. The molecule has 0 unspecified atom stereocenters. The number of nitrogens with zero attached hydrogens (tertiary/aromatic N) is 1. The molecule has 1 aromatic rings. The van der Waals surface area contributed by atoms with Crippen molar-refractivity contribution in [2.75, 3.05) is 0 Å². The Balaban J connectivity index is 0.00000162. The third kappa shape index (κ3) is 3.24. The molecule has 104 valence electrons. The van der Waals surface area contributed by atoms with E-state index in [0.29, 0.717) is 16.3 Å². The Hall–Kier alpha value is -0.590. The summed E-state index contributed by atoms with van der Waals surface area (Å²) in [7, 11) is -3.42. The van der Waals surface area contributed by atoms with Gasteiger partial charge in [-0.2, -0.15) is 5.10 Å². The Morgan fingerprint density at radius 2 is 1.83 bits per heavy atom. The Morgan fingerprint density at radius 1 is 1.22 bits per heavy atom. The number of hydrogen-bond acceptors (Lipinski definition) is 3. The average Bonchev–Trinajstić information content (AvgIpc) is 2.59. The predicted molar refractivity (Wildman–Crippen MR) is 72.5 cm³/mol. The Morgan fingerprint density at radius 3 is 2.33 bits per heavy atom. The largest absolute Gasteiger partial charge is 0.281 e. The SMILES string of the molecule is Cc1n[nH]c(C)c1S(=O)(=O)NC1CCCCC1.Cl. The maximum absolute atomic E-state index is 12.2. The number of halogens is 1. The van der Waals surface area contributed by atoms with Crippen molar-refractivity contribution in [1.29, 1.82) is 0 Å². The van der Waals surface area contributed by atoms with Gasteiger partial charge in [-0.25, -0.2) is 13.1 Å². The molecule has 1 aliphatic rings. The molecule has 7 heteroatoms. The summed E-state index contributed by atoms with van der Waals surface area (Å²) in [4.78, 5) is 0.308. The van der Waals surface area contributed by atoms with Crippen molar-refractivity contribution < 1.29 is 8.42 Å². The molecule has 2 rings (SSSR count). The number of rotatable bonds is 3. The fraction of sp³-hybridized carbons (Fsp3) is 0.727. The van der Waals surface area contributed by atoms with Crippen LogP contribution in [-0.4, -0.2) is 24.7 Å². The number of aryl methyl sites for hydroxylation is 2. The molecule has 5 nitrogen and oxygen atoms in total. The van der Waals surface area contributed by atoms with Crippen molar-refractivity contribution in [3.8, 4) is 0 Å². The summed E-state index contributed by atoms with van der Waals surface area (Å²) in [5.74, 6) is 0. The van der Waals surface area contributed by atoms with E-state index in [1.165, 1.54) is 6.42 Å². The van der Waals surface area contributed by atoms with E-state index in [9.17, 15) is 8.42 Å². The standard InChI is InChI=1S/C11H19N3O2S.ClH/c1-8-11(9(2)13-12-8)17(15,16)14-10-6-4-3-5-7-10;/h10,14H,3-7H2,1-2H3,(H,12,13);1H. The zero-order valence-corrected chi connectivity index (χ0v) is 12.3. The van der Waals surface area contributed by atoms with Gasteiger partial charge >= 0.3 is 0 Å². The summed E-state index contributed by atoms with van der Waals surface area (Å²) < 4.78 is 27.3.